The monoisotopic (exact) mass is 366 g/mol. The van der Waals surface area contributed by atoms with E-state index < -0.39 is 36.6 Å². The first-order valence-corrected chi connectivity index (χ1v) is 8.25. The molecule has 0 bridgehead atoms. The molecule has 2 atom stereocenters. The van der Waals surface area contributed by atoms with E-state index in [1.54, 1.807) is 11.9 Å². The van der Waals surface area contributed by atoms with Gasteiger partial charge in [0.25, 0.3) is 0 Å². The molecule has 0 spiro atoms. The quantitative estimate of drug-likeness (QED) is 0.167. The van der Waals surface area contributed by atoms with Crippen molar-refractivity contribution in [3.8, 4) is 0 Å². The molecule has 7 N–H and O–H groups in total. The summed E-state index contributed by atoms with van der Waals surface area (Å²) >= 11 is 0. The van der Waals surface area contributed by atoms with Crippen LogP contribution in [0.2, 0.25) is 0 Å². The number of nitrogens with zero attached hydrogens (tertiary/aromatic N) is 1. The van der Waals surface area contributed by atoms with E-state index in [1.165, 1.54) is 0 Å². The van der Waals surface area contributed by atoms with Gasteiger partial charge in [-0.25, -0.2) is 0 Å². The lowest BCUT2D eigenvalue weighted by atomic mass is 10.1. The van der Waals surface area contributed by atoms with Crippen LogP contribution >= 0.6 is 0 Å². The number of aliphatic hydroxyl groups is 4. The van der Waals surface area contributed by atoms with Crippen LogP contribution in [0.3, 0.4) is 0 Å². The lowest BCUT2D eigenvalue weighted by Gasteiger charge is -2.30. The van der Waals surface area contributed by atoms with Crippen LogP contribution in [-0.4, -0.2) is 92.3 Å². The van der Waals surface area contributed by atoms with E-state index in [0.717, 1.165) is 0 Å². The summed E-state index contributed by atoms with van der Waals surface area (Å²) in [7, 11) is 1.65. The zero-order valence-corrected chi connectivity index (χ0v) is 14.4. The maximum absolute atomic E-state index is 11.1. The van der Waals surface area contributed by atoms with Crippen molar-refractivity contribution in [2.24, 2.45) is 0 Å². The summed E-state index contributed by atoms with van der Waals surface area (Å²) in [5.41, 5.74) is 0. The van der Waals surface area contributed by atoms with Crippen molar-refractivity contribution >= 4 is 11.9 Å². The average Bonchev–Trinajstić information content (AvgIpc) is 2.48. The third-order valence-electron chi connectivity index (χ3n) is 3.91. The Balaban J connectivity index is 4.29. The first-order valence-electron chi connectivity index (χ1n) is 8.25. The van der Waals surface area contributed by atoms with Crippen LogP contribution < -0.4 is 5.32 Å². The number of hydrogen-bond donors (Lipinski definition) is 7. The molecule has 0 heterocycles. The van der Waals surface area contributed by atoms with Crippen LogP contribution in [0.25, 0.3) is 0 Å². The van der Waals surface area contributed by atoms with Gasteiger partial charge in [0.15, 0.2) is 12.6 Å². The molecule has 2 unspecified atom stereocenters. The fourth-order valence-electron chi connectivity index (χ4n) is 2.46. The normalized spacial score (nSPS) is 14.2. The van der Waals surface area contributed by atoms with Crippen molar-refractivity contribution in [3.63, 3.8) is 0 Å². The number of likely N-dealkylation sites (N-methyl/N-ethyl adjacent to an activating group) is 1. The lowest BCUT2D eigenvalue weighted by molar-refractivity contribution is -0.141. The van der Waals surface area contributed by atoms with Gasteiger partial charge in [-0.15, -0.1) is 0 Å². The number of rotatable bonds is 15. The number of aliphatic hydroxyl groups excluding tert-OH is 2. The number of carboxylic acids is 2. The van der Waals surface area contributed by atoms with Gasteiger partial charge in [-0.3, -0.25) is 14.5 Å². The molecule has 0 aliphatic heterocycles. The fourth-order valence-corrected chi connectivity index (χ4v) is 2.46. The summed E-state index contributed by atoms with van der Waals surface area (Å²) in [6.07, 6.45) is -1.85. The number of carbonyl (C=O) groups is 2. The molecule has 0 amide bonds. The highest BCUT2D eigenvalue weighted by Crippen LogP contribution is 2.11. The molecule has 148 valence electrons. The molecule has 0 aromatic rings. The Morgan fingerprint density at radius 1 is 1.00 bits per heavy atom. The second kappa shape index (κ2) is 13.0. The summed E-state index contributed by atoms with van der Waals surface area (Å²) in [5.74, 6) is -2.04. The highest BCUT2D eigenvalue weighted by molar-refractivity contribution is 5.73. The molecule has 0 aromatic heterocycles. The summed E-state index contributed by atoms with van der Waals surface area (Å²) in [4.78, 5) is 23.3. The predicted molar refractivity (Wildman–Crippen MR) is 87.6 cm³/mol. The fraction of sp³-hybridized carbons (Fsp3) is 0.867. The van der Waals surface area contributed by atoms with Gasteiger partial charge >= 0.3 is 11.9 Å². The number of nitrogens with one attached hydrogen (secondary N) is 1. The van der Waals surface area contributed by atoms with Crippen LogP contribution in [0.1, 0.15) is 38.5 Å². The number of aliphatic carboxylic acids is 2. The molecule has 10 nitrogen and oxygen atoms in total. The van der Waals surface area contributed by atoms with Gasteiger partial charge in [-0.2, -0.15) is 0 Å². The Kier molecular flexibility index (Phi) is 12.3. The Morgan fingerprint density at radius 3 is 2.12 bits per heavy atom. The van der Waals surface area contributed by atoms with Crippen LogP contribution in [0.5, 0.6) is 0 Å². The van der Waals surface area contributed by atoms with Crippen molar-refractivity contribution in [1.29, 1.82) is 0 Å². The molecule has 0 aliphatic rings. The van der Waals surface area contributed by atoms with Gasteiger partial charge in [0.1, 0.15) is 6.04 Å². The van der Waals surface area contributed by atoms with E-state index >= 15 is 0 Å². The maximum Gasteiger partial charge on any atom is 0.320 e. The molecule has 10 heteroatoms. The van der Waals surface area contributed by atoms with E-state index in [0.29, 0.717) is 19.4 Å². The van der Waals surface area contributed by atoms with Gasteiger partial charge < -0.3 is 36.0 Å². The molecule has 25 heavy (non-hydrogen) atoms. The third kappa shape index (κ3) is 11.8. The van der Waals surface area contributed by atoms with Crippen molar-refractivity contribution in [1.82, 2.24) is 10.2 Å². The molecule has 0 radical (unpaired) electrons. The first kappa shape index (κ1) is 23.7. The molecule has 0 rings (SSSR count). The standard InChI is InChI=1S/C15H30N2O8/c1-17(11(15(24)25)5-3-7-13(20)21)9-8-16-10(14(22)23)4-2-6-12(18)19/h10-11,13,15-16,20-21,24-25H,2-9H2,1H3,(H,18,19)(H,22,23). The van der Waals surface area contributed by atoms with Gasteiger partial charge in [-0.05, 0) is 39.2 Å². The predicted octanol–water partition coefficient (Wildman–Crippen LogP) is -1.62. The van der Waals surface area contributed by atoms with E-state index in [4.69, 9.17) is 20.4 Å². The topological polar surface area (TPSA) is 171 Å². The Morgan fingerprint density at radius 2 is 1.64 bits per heavy atom. The third-order valence-corrected chi connectivity index (χ3v) is 3.91. The first-order chi connectivity index (χ1) is 11.6. The Bertz CT molecular complexity index is 392. The Labute approximate surface area is 146 Å². The molecular weight excluding hydrogens is 336 g/mol. The largest absolute Gasteiger partial charge is 0.481 e. The average molecular weight is 366 g/mol. The molecule has 0 aliphatic carbocycles. The summed E-state index contributed by atoms with van der Waals surface area (Å²) in [6, 6.07) is -1.48. The summed E-state index contributed by atoms with van der Waals surface area (Å²) < 4.78 is 0. The minimum atomic E-state index is -1.60. The van der Waals surface area contributed by atoms with E-state index in [1.807, 2.05) is 0 Å². The van der Waals surface area contributed by atoms with Crippen LogP contribution in [0.4, 0.5) is 0 Å². The lowest BCUT2D eigenvalue weighted by Crippen LogP contribution is -2.46. The number of carboxylic acid groups (broad SMARTS) is 2. The minimum Gasteiger partial charge on any atom is -0.481 e. The van der Waals surface area contributed by atoms with Crippen molar-refractivity contribution in [2.45, 2.75) is 63.2 Å². The minimum absolute atomic E-state index is 0.0964. The highest BCUT2D eigenvalue weighted by Gasteiger charge is 2.22. The summed E-state index contributed by atoms with van der Waals surface area (Å²) in [5, 5.41) is 57.0. The van der Waals surface area contributed by atoms with Gasteiger partial charge in [-0.1, -0.05) is 0 Å². The summed E-state index contributed by atoms with van der Waals surface area (Å²) in [6.45, 7) is 0.610. The smallest absolute Gasteiger partial charge is 0.320 e. The van der Waals surface area contributed by atoms with Gasteiger partial charge in [0.2, 0.25) is 0 Å². The van der Waals surface area contributed by atoms with E-state index in [9.17, 15) is 19.8 Å². The van der Waals surface area contributed by atoms with Gasteiger partial charge in [0, 0.05) is 19.5 Å². The Hall–Kier alpha value is -1.30. The zero-order chi connectivity index (χ0) is 19.4. The van der Waals surface area contributed by atoms with Crippen LogP contribution in [0.15, 0.2) is 0 Å². The SMILES string of the molecule is CN(CCNC(CCCC(=O)O)C(=O)O)C(CCCC(O)O)C(O)O. The molecule has 0 saturated heterocycles. The highest BCUT2D eigenvalue weighted by atomic mass is 16.5. The van der Waals surface area contributed by atoms with Crippen LogP contribution in [0, 0.1) is 0 Å². The van der Waals surface area contributed by atoms with Crippen LogP contribution in [-0.2, 0) is 9.59 Å². The van der Waals surface area contributed by atoms with E-state index in [2.05, 4.69) is 5.32 Å². The van der Waals surface area contributed by atoms with Crippen molar-refractivity contribution in [3.05, 3.63) is 0 Å². The number of hydrogen-bond acceptors (Lipinski definition) is 8. The molecular formula is C15H30N2O8. The second-order valence-electron chi connectivity index (χ2n) is 6.00. The molecule has 0 saturated carbocycles. The van der Waals surface area contributed by atoms with Crippen molar-refractivity contribution in [2.75, 3.05) is 20.1 Å². The zero-order valence-electron chi connectivity index (χ0n) is 14.4. The molecule has 0 fully saturated rings. The van der Waals surface area contributed by atoms with Crippen molar-refractivity contribution < 1.29 is 40.2 Å². The molecule has 0 aromatic carbocycles. The van der Waals surface area contributed by atoms with E-state index in [-0.39, 0.29) is 32.2 Å². The van der Waals surface area contributed by atoms with Gasteiger partial charge in [0.05, 0.1) is 6.04 Å². The maximum atomic E-state index is 11.1. The second-order valence-corrected chi connectivity index (χ2v) is 6.00.